The van der Waals surface area contributed by atoms with Crippen LogP contribution in [0.2, 0.25) is 5.02 Å². The fourth-order valence-electron chi connectivity index (χ4n) is 2.60. The minimum Gasteiger partial charge on any atom is -0.379 e. The van der Waals surface area contributed by atoms with Crippen molar-refractivity contribution in [1.29, 1.82) is 0 Å². The summed E-state index contributed by atoms with van der Waals surface area (Å²) in [7, 11) is 0. The molecule has 2 aromatic carbocycles. The van der Waals surface area contributed by atoms with Crippen LogP contribution in [0.4, 0.5) is 0 Å². The van der Waals surface area contributed by atoms with Crippen molar-refractivity contribution in [3.63, 3.8) is 0 Å². The SMILES string of the molecule is O=C(N/N=C\c1cccc(Cl)c1)c1ccc(CN2CCOCC2)cc1. The Morgan fingerprint density at radius 2 is 1.96 bits per heavy atom. The van der Waals surface area contributed by atoms with Gasteiger partial charge in [-0.1, -0.05) is 35.9 Å². The largest absolute Gasteiger partial charge is 0.379 e. The van der Waals surface area contributed by atoms with Gasteiger partial charge in [-0.05, 0) is 35.4 Å². The standard InChI is InChI=1S/C19H20ClN3O2/c20-18-3-1-2-16(12-18)13-21-22-19(24)17-6-4-15(5-7-17)14-23-8-10-25-11-9-23/h1-7,12-13H,8-11,14H2,(H,22,24)/b21-13-. The molecule has 0 atom stereocenters. The highest BCUT2D eigenvalue weighted by molar-refractivity contribution is 6.30. The van der Waals surface area contributed by atoms with Crippen molar-refractivity contribution in [3.8, 4) is 0 Å². The van der Waals surface area contributed by atoms with E-state index >= 15 is 0 Å². The van der Waals surface area contributed by atoms with Gasteiger partial charge in [0.05, 0.1) is 19.4 Å². The number of nitrogens with zero attached hydrogens (tertiary/aromatic N) is 2. The molecule has 1 aliphatic heterocycles. The fraction of sp³-hybridized carbons (Fsp3) is 0.263. The van der Waals surface area contributed by atoms with E-state index in [4.69, 9.17) is 16.3 Å². The number of benzene rings is 2. The zero-order chi connectivity index (χ0) is 17.5. The molecule has 1 amide bonds. The normalized spacial score (nSPS) is 15.4. The van der Waals surface area contributed by atoms with Gasteiger partial charge in [-0.3, -0.25) is 9.69 Å². The molecule has 25 heavy (non-hydrogen) atoms. The number of hydrogen-bond donors (Lipinski definition) is 1. The molecule has 1 N–H and O–H groups in total. The van der Waals surface area contributed by atoms with E-state index in [1.165, 1.54) is 5.56 Å². The molecule has 0 aliphatic carbocycles. The number of morpholine rings is 1. The predicted molar refractivity (Wildman–Crippen MR) is 99.1 cm³/mol. The van der Waals surface area contributed by atoms with Crippen LogP contribution >= 0.6 is 11.6 Å². The summed E-state index contributed by atoms with van der Waals surface area (Å²) < 4.78 is 5.35. The topological polar surface area (TPSA) is 53.9 Å². The lowest BCUT2D eigenvalue weighted by Gasteiger charge is -2.26. The number of ether oxygens (including phenoxy) is 1. The van der Waals surface area contributed by atoms with Gasteiger partial charge < -0.3 is 4.74 Å². The second-order valence-electron chi connectivity index (χ2n) is 5.84. The van der Waals surface area contributed by atoms with Crippen LogP contribution in [0, 0.1) is 0 Å². The maximum atomic E-state index is 12.1. The summed E-state index contributed by atoms with van der Waals surface area (Å²) in [5, 5.41) is 4.60. The van der Waals surface area contributed by atoms with Crippen molar-refractivity contribution < 1.29 is 9.53 Å². The summed E-state index contributed by atoms with van der Waals surface area (Å²) in [6.07, 6.45) is 1.57. The first-order valence-electron chi connectivity index (χ1n) is 8.19. The third-order valence-electron chi connectivity index (χ3n) is 3.95. The minimum absolute atomic E-state index is 0.240. The number of hydrogen-bond acceptors (Lipinski definition) is 4. The van der Waals surface area contributed by atoms with Crippen LogP contribution in [0.5, 0.6) is 0 Å². The van der Waals surface area contributed by atoms with Crippen LogP contribution in [0.1, 0.15) is 21.5 Å². The third-order valence-corrected chi connectivity index (χ3v) is 4.19. The molecular weight excluding hydrogens is 338 g/mol. The van der Waals surface area contributed by atoms with Crippen LogP contribution in [0.3, 0.4) is 0 Å². The molecule has 1 heterocycles. The minimum atomic E-state index is -0.240. The Hall–Kier alpha value is -2.21. The van der Waals surface area contributed by atoms with E-state index in [9.17, 15) is 4.79 Å². The summed E-state index contributed by atoms with van der Waals surface area (Å²) in [6, 6.07) is 14.9. The molecule has 0 aromatic heterocycles. The highest BCUT2D eigenvalue weighted by Crippen LogP contribution is 2.10. The van der Waals surface area contributed by atoms with Gasteiger partial charge in [0.25, 0.3) is 5.91 Å². The number of carbonyl (C=O) groups is 1. The molecule has 6 heteroatoms. The van der Waals surface area contributed by atoms with E-state index in [1.807, 2.05) is 36.4 Å². The average Bonchev–Trinajstić information content (AvgIpc) is 2.63. The maximum Gasteiger partial charge on any atom is 0.271 e. The highest BCUT2D eigenvalue weighted by atomic mass is 35.5. The first-order valence-corrected chi connectivity index (χ1v) is 8.56. The first kappa shape index (κ1) is 17.6. The van der Waals surface area contributed by atoms with Crippen molar-refractivity contribution >= 4 is 23.7 Å². The molecule has 1 saturated heterocycles. The van der Waals surface area contributed by atoms with Gasteiger partial charge in [-0.15, -0.1) is 0 Å². The van der Waals surface area contributed by atoms with Crippen molar-refractivity contribution in [2.24, 2.45) is 5.10 Å². The lowest BCUT2D eigenvalue weighted by molar-refractivity contribution is 0.0342. The van der Waals surface area contributed by atoms with E-state index in [1.54, 1.807) is 18.3 Å². The van der Waals surface area contributed by atoms with E-state index in [0.29, 0.717) is 10.6 Å². The second kappa shape index (κ2) is 8.76. The van der Waals surface area contributed by atoms with Crippen LogP contribution in [-0.4, -0.2) is 43.3 Å². The van der Waals surface area contributed by atoms with Gasteiger partial charge >= 0.3 is 0 Å². The Kier molecular flexibility index (Phi) is 6.17. The molecule has 0 radical (unpaired) electrons. The summed E-state index contributed by atoms with van der Waals surface area (Å²) in [5.41, 5.74) is 5.11. The Balaban J connectivity index is 1.53. The molecule has 0 saturated carbocycles. The molecule has 2 aromatic rings. The van der Waals surface area contributed by atoms with E-state index in [0.717, 1.165) is 38.4 Å². The van der Waals surface area contributed by atoms with Crippen LogP contribution < -0.4 is 5.43 Å². The maximum absolute atomic E-state index is 12.1. The molecule has 1 fully saturated rings. The molecule has 1 aliphatic rings. The van der Waals surface area contributed by atoms with Gasteiger partial charge in [0, 0.05) is 30.2 Å². The lowest BCUT2D eigenvalue weighted by atomic mass is 10.1. The van der Waals surface area contributed by atoms with Gasteiger partial charge in [0.15, 0.2) is 0 Å². The summed E-state index contributed by atoms with van der Waals surface area (Å²) in [6.45, 7) is 4.33. The average molecular weight is 358 g/mol. The third kappa shape index (κ3) is 5.39. The van der Waals surface area contributed by atoms with Crippen molar-refractivity contribution in [3.05, 3.63) is 70.2 Å². The fourth-order valence-corrected chi connectivity index (χ4v) is 2.79. The van der Waals surface area contributed by atoms with Crippen molar-refractivity contribution in [2.45, 2.75) is 6.54 Å². The summed E-state index contributed by atoms with van der Waals surface area (Å²) >= 11 is 5.91. The number of amides is 1. The molecule has 0 spiro atoms. The molecular formula is C19H20ClN3O2. The smallest absolute Gasteiger partial charge is 0.271 e. The van der Waals surface area contributed by atoms with Crippen LogP contribution in [-0.2, 0) is 11.3 Å². The lowest BCUT2D eigenvalue weighted by Crippen LogP contribution is -2.35. The van der Waals surface area contributed by atoms with Crippen LogP contribution in [0.25, 0.3) is 0 Å². The molecule has 0 bridgehead atoms. The summed E-state index contributed by atoms with van der Waals surface area (Å²) in [4.78, 5) is 14.5. The van der Waals surface area contributed by atoms with Gasteiger partial charge in [0.2, 0.25) is 0 Å². The molecule has 5 nitrogen and oxygen atoms in total. The Bertz CT molecular complexity index is 741. The van der Waals surface area contributed by atoms with Gasteiger partial charge in [-0.25, -0.2) is 5.43 Å². The molecule has 3 rings (SSSR count). The predicted octanol–water partition coefficient (Wildman–Crippen LogP) is 2.94. The Labute approximate surface area is 152 Å². The van der Waals surface area contributed by atoms with E-state index in [2.05, 4.69) is 15.4 Å². The Morgan fingerprint density at radius 3 is 2.68 bits per heavy atom. The zero-order valence-corrected chi connectivity index (χ0v) is 14.6. The first-order chi connectivity index (χ1) is 12.2. The number of hydrazone groups is 1. The molecule has 0 unspecified atom stereocenters. The number of nitrogens with one attached hydrogen (secondary N) is 1. The van der Waals surface area contributed by atoms with Crippen molar-refractivity contribution in [2.75, 3.05) is 26.3 Å². The van der Waals surface area contributed by atoms with E-state index in [-0.39, 0.29) is 5.91 Å². The molecule has 130 valence electrons. The van der Waals surface area contributed by atoms with Crippen molar-refractivity contribution in [1.82, 2.24) is 10.3 Å². The zero-order valence-electron chi connectivity index (χ0n) is 13.8. The van der Waals surface area contributed by atoms with Gasteiger partial charge in [0.1, 0.15) is 0 Å². The van der Waals surface area contributed by atoms with Crippen LogP contribution in [0.15, 0.2) is 53.6 Å². The number of halogens is 1. The Morgan fingerprint density at radius 1 is 1.20 bits per heavy atom. The highest BCUT2D eigenvalue weighted by Gasteiger charge is 2.11. The van der Waals surface area contributed by atoms with Gasteiger partial charge in [-0.2, -0.15) is 5.10 Å². The second-order valence-corrected chi connectivity index (χ2v) is 6.28. The quantitative estimate of drug-likeness (QED) is 0.661. The number of carbonyl (C=O) groups excluding carboxylic acids is 1. The monoisotopic (exact) mass is 357 g/mol. The summed E-state index contributed by atoms with van der Waals surface area (Å²) in [5.74, 6) is -0.240. The number of rotatable bonds is 5. The van der Waals surface area contributed by atoms with E-state index < -0.39 is 0 Å².